The number of likely N-dealkylation sites (N-methyl/N-ethyl adjacent to an activating group) is 1. The van der Waals surface area contributed by atoms with Crippen molar-refractivity contribution < 1.29 is 23.9 Å². The molecule has 0 radical (unpaired) electrons. The number of hydrogen-bond donors (Lipinski definition) is 1. The zero-order valence-corrected chi connectivity index (χ0v) is 19.9. The Morgan fingerprint density at radius 3 is 1.90 bits per heavy atom. The molecule has 5 nitrogen and oxygen atoms in total. The number of carbonyl (C=O) groups excluding carboxylic acids is 1. The second kappa shape index (κ2) is 18.2. The van der Waals surface area contributed by atoms with Crippen LogP contribution in [-0.4, -0.2) is 55.3 Å². The van der Waals surface area contributed by atoms with E-state index in [-0.39, 0.29) is 6.42 Å². The molecule has 0 aliphatic rings. The molecule has 0 rings (SSSR count). The Bertz CT molecular complexity index is 506. The van der Waals surface area contributed by atoms with Crippen LogP contribution in [0.2, 0.25) is 0 Å². The summed E-state index contributed by atoms with van der Waals surface area (Å²) in [6, 6.07) is 0. The predicted octanol–water partition coefficient (Wildman–Crippen LogP) is 5.89. The lowest BCUT2D eigenvalue weighted by Gasteiger charge is -2.28. The number of carboxylic acids is 1. The fourth-order valence-electron chi connectivity index (χ4n) is 3.39. The quantitative estimate of drug-likeness (QED) is 0.0923. The smallest absolute Gasteiger partial charge is 0.331 e. The van der Waals surface area contributed by atoms with Crippen LogP contribution in [0.5, 0.6) is 0 Å². The lowest BCUT2D eigenvalue weighted by molar-refractivity contribution is -0.873. The molecule has 0 fully saturated rings. The average molecular weight is 425 g/mol. The molecule has 5 heteroatoms. The molecule has 0 bridgehead atoms. The van der Waals surface area contributed by atoms with Gasteiger partial charge in [0.25, 0.3) is 0 Å². The van der Waals surface area contributed by atoms with Gasteiger partial charge in [0, 0.05) is 6.08 Å². The van der Waals surface area contributed by atoms with Gasteiger partial charge < -0.3 is 14.3 Å². The highest BCUT2D eigenvalue weighted by atomic mass is 16.5. The summed E-state index contributed by atoms with van der Waals surface area (Å²) in [5.41, 5.74) is 0. The molecule has 0 heterocycles. The number of aliphatic carboxylic acids is 1. The predicted molar refractivity (Wildman–Crippen MR) is 124 cm³/mol. The van der Waals surface area contributed by atoms with Gasteiger partial charge in [-0.05, 0) is 12.8 Å². The van der Waals surface area contributed by atoms with Crippen LogP contribution in [0, 0.1) is 0 Å². The van der Waals surface area contributed by atoms with E-state index in [0.717, 1.165) is 6.42 Å². The normalized spacial score (nSPS) is 13.2. The first-order chi connectivity index (χ1) is 14.2. The number of unbranched alkanes of at least 4 members (excludes halogenated alkanes) is 11. The zero-order chi connectivity index (χ0) is 22.7. The standard InChI is InChI=1S/C25H45NO4/c1-5-6-7-8-9-10-11-12-13-14-15-16-17-18-19-20-25(29)30-23(21-24(27)28)22-26(2,3)4/h17-20,23H,5-16,21-22H2,1-4H3/p+1/b18-17+,20-19+. The zero-order valence-electron chi connectivity index (χ0n) is 19.9. The summed E-state index contributed by atoms with van der Waals surface area (Å²) in [7, 11) is 5.82. The van der Waals surface area contributed by atoms with Crippen molar-refractivity contribution in [2.24, 2.45) is 0 Å². The molecule has 0 aromatic rings. The number of rotatable bonds is 19. The van der Waals surface area contributed by atoms with Gasteiger partial charge in [-0.2, -0.15) is 0 Å². The molecule has 0 amide bonds. The molecule has 0 aliphatic carbocycles. The van der Waals surface area contributed by atoms with Crippen molar-refractivity contribution in [2.75, 3.05) is 27.7 Å². The van der Waals surface area contributed by atoms with E-state index in [2.05, 4.69) is 13.0 Å². The fourth-order valence-corrected chi connectivity index (χ4v) is 3.39. The van der Waals surface area contributed by atoms with Crippen LogP contribution < -0.4 is 0 Å². The minimum absolute atomic E-state index is 0.177. The minimum atomic E-state index is -0.961. The van der Waals surface area contributed by atoms with Crippen molar-refractivity contribution in [3.8, 4) is 0 Å². The summed E-state index contributed by atoms with van der Waals surface area (Å²) >= 11 is 0. The third kappa shape index (κ3) is 21.1. The second-order valence-corrected chi connectivity index (χ2v) is 9.24. The van der Waals surface area contributed by atoms with E-state index in [0.29, 0.717) is 11.0 Å². The SMILES string of the molecule is CCCCCCCCCCCCC/C=C/C=C/C(=O)OC(CC(=O)O)C[N+](C)(C)C. The number of nitrogens with zero attached hydrogens (tertiary/aromatic N) is 1. The molecule has 0 saturated carbocycles. The van der Waals surface area contributed by atoms with Crippen LogP contribution in [0.15, 0.2) is 24.3 Å². The van der Waals surface area contributed by atoms with Crippen LogP contribution in [0.1, 0.15) is 90.4 Å². The summed E-state index contributed by atoms with van der Waals surface area (Å²) in [5.74, 6) is -1.45. The molecule has 1 unspecified atom stereocenters. The third-order valence-corrected chi connectivity index (χ3v) is 4.89. The van der Waals surface area contributed by atoms with Gasteiger partial charge in [-0.25, -0.2) is 4.79 Å². The van der Waals surface area contributed by atoms with Crippen molar-refractivity contribution in [2.45, 2.75) is 96.5 Å². The van der Waals surface area contributed by atoms with E-state index in [1.54, 1.807) is 6.08 Å². The van der Waals surface area contributed by atoms with Gasteiger partial charge in [0.05, 0.1) is 27.6 Å². The highest BCUT2D eigenvalue weighted by Crippen LogP contribution is 2.12. The molecule has 0 aromatic carbocycles. The van der Waals surface area contributed by atoms with Gasteiger partial charge in [0.1, 0.15) is 6.54 Å². The summed E-state index contributed by atoms with van der Waals surface area (Å²) in [6.07, 6.45) is 21.9. The number of carbonyl (C=O) groups is 2. The summed E-state index contributed by atoms with van der Waals surface area (Å²) in [6.45, 7) is 2.72. The van der Waals surface area contributed by atoms with E-state index in [1.807, 2.05) is 27.2 Å². The number of allylic oxidation sites excluding steroid dienone is 3. The molecule has 0 spiro atoms. The maximum absolute atomic E-state index is 11.9. The highest BCUT2D eigenvalue weighted by molar-refractivity contribution is 5.82. The largest absolute Gasteiger partial charge is 0.481 e. The summed E-state index contributed by atoms with van der Waals surface area (Å²) < 4.78 is 5.84. The van der Waals surface area contributed by atoms with Gasteiger partial charge in [-0.1, -0.05) is 89.4 Å². The molecule has 1 atom stereocenters. The van der Waals surface area contributed by atoms with Crippen molar-refractivity contribution in [3.63, 3.8) is 0 Å². The third-order valence-electron chi connectivity index (χ3n) is 4.89. The molecule has 0 aromatic heterocycles. The molecular weight excluding hydrogens is 378 g/mol. The lowest BCUT2D eigenvalue weighted by atomic mass is 10.1. The molecular formula is C25H46NO4+. The van der Waals surface area contributed by atoms with Crippen LogP contribution in [0.4, 0.5) is 0 Å². The van der Waals surface area contributed by atoms with Gasteiger partial charge in [0.15, 0.2) is 6.10 Å². The molecule has 0 saturated heterocycles. The van der Waals surface area contributed by atoms with E-state index >= 15 is 0 Å². The fraction of sp³-hybridized carbons (Fsp3) is 0.760. The number of hydrogen-bond acceptors (Lipinski definition) is 3. The summed E-state index contributed by atoms with van der Waals surface area (Å²) in [5, 5.41) is 8.98. The van der Waals surface area contributed by atoms with Gasteiger partial charge in [0.2, 0.25) is 0 Å². The first-order valence-electron chi connectivity index (χ1n) is 11.8. The molecule has 0 aliphatic heterocycles. The highest BCUT2D eigenvalue weighted by Gasteiger charge is 2.23. The van der Waals surface area contributed by atoms with E-state index in [4.69, 9.17) is 9.84 Å². The maximum Gasteiger partial charge on any atom is 0.331 e. The Labute approximate surface area is 184 Å². The number of carboxylic acid groups (broad SMARTS) is 1. The second-order valence-electron chi connectivity index (χ2n) is 9.24. The van der Waals surface area contributed by atoms with Crippen molar-refractivity contribution >= 4 is 11.9 Å². The Morgan fingerprint density at radius 1 is 0.867 bits per heavy atom. The topological polar surface area (TPSA) is 63.6 Å². The van der Waals surface area contributed by atoms with Crippen LogP contribution >= 0.6 is 0 Å². The Morgan fingerprint density at radius 2 is 1.40 bits per heavy atom. The number of quaternary nitrogens is 1. The van der Waals surface area contributed by atoms with Crippen LogP contribution in [-0.2, 0) is 14.3 Å². The number of ether oxygens (including phenoxy) is 1. The van der Waals surface area contributed by atoms with Crippen molar-refractivity contribution in [1.82, 2.24) is 0 Å². The van der Waals surface area contributed by atoms with Crippen molar-refractivity contribution in [1.29, 1.82) is 0 Å². The van der Waals surface area contributed by atoms with Crippen molar-refractivity contribution in [3.05, 3.63) is 24.3 Å². The van der Waals surface area contributed by atoms with E-state index in [9.17, 15) is 9.59 Å². The van der Waals surface area contributed by atoms with Crippen LogP contribution in [0.3, 0.4) is 0 Å². The van der Waals surface area contributed by atoms with Crippen LogP contribution in [0.25, 0.3) is 0 Å². The van der Waals surface area contributed by atoms with E-state index in [1.165, 1.54) is 76.7 Å². The van der Waals surface area contributed by atoms with Gasteiger partial charge >= 0.3 is 11.9 Å². The Kier molecular flexibility index (Phi) is 17.2. The minimum Gasteiger partial charge on any atom is -0.481 e. The maximum atomic E-state index is 11.9. The molecule has 1 N–H and O–H groups in total. The Balaban J connectivity index is 3.81. The molecule has 30 heavy (non-hydrogen) atoms. The Hall–Kier alpha value is -1.62. The van der Waals surface area contributed by atoms with Gasteiger partial charge in [-0.3, -0.25) is 4.79 Å². The molecule has 174 valence electrons. The lowest BCUT2D eigenvalue weighted by Crippen LogP contribution is -2.43. The first kappa shape index (κ1) is 28.4. The number of esters is 1. The first-order valence-corrected chi connectivity index (χ1v) is 11.8. The summed E-state index contributed by atoms with van der Waals surface area (Å²) in [4.78, 5) is 22.9. The van der Waals surface area contributed by atoms with Gasteiger partial charge in [-0.15, -0.1) is 0 Å². The average Bonchev–Trinajstić information content (AvgIpc) is 2.63. The van der Waals surface area contributed by atoms with E-state index < -0.39 is 18.0 Å². The monoisotopic (exact) mass is 424 g/mol.